The van der Waals surface area contributed by atoms with E-state index < -0.39 is 0 Å². The first-order valence-corrected chi connectivity index (χ1v) is 8.19. The molecule has 2 N–H and O–H groups in total. The van der Waals surface area contributed by atoms with Crippen LogP contribution in [-0.4, -0.2) is 10.5 Å². The standard InChI is InChI=1S/C20H20N2O/c21-20(23)16-10-6-12-18-19(16)15-9-4-5-11-17(15)22(18)13-14-7-2-1-3-8-14/h1-5,7-9,11,16H,6,10,12-13H2,(H2,21,23). The van der Waals surface area contributed by atoms with E-state index in [1.54, 1.807) is 0 Å². The number of para-hydroxylation sites is 1. The fourth-order valence-corrected chi connectivity index (χ4v) is 3.89. The first-order valence-electron chi connectivity index (χ1n) is 8.19. The monoisotopic (exact) mass is 304 g/mol. The highest BCUT2D eigenvalue weighted by molar-refractivity contribution is 5.93. The number of nitrogens with zero attached hydrogens (tertiary/aromatic N) is 1. The molecule has 1 aliphatic carbocycles. The highest BCUT2D eigenvalue weighted by Crippen LogP contribution is 2.39. The highest BCUT2D eigenvalue weighted by atomic mass is 16.1. The Hall–Kier alpha value is -2.55. The summed E-state index contributed by atoms with van der Waals surface area (Å²) in [6.45, 7) is 0.835. The molecule has 0 saturated carbocycles. The van der Waals surface area contributed by atoms with Crippen LogP contribution in [0.25, 0.3) is 10.9 Å². The first-order chi connectivity index (χ1) is 11.3. The van der Waals surface area contributed by atoms with E-state index in [0.29, 0.717) is 0 Å². The molecule has 1 amide bonds. The maximum absolute atomic E-state index is 11.9. The number of amides is 1. The van der Waals surface area contributed by atoms with Crippen LogP contribution in [0.2, 0.25) is 0 Å². The summed E-state index contributed by atoms with van der Waals surface area (Å²) >= 11 is 0. The summed E-state index contributed by atoms with van der Waals surface area (Å²) < 4.78 is 2.37. The third kappa shape index (κ3) is 2.33. The van der Waals surface area contributed by atoms with Crippen molar-refractivity contribution in [2.45, 2.75) is 31.7 Å². The molecule has 23 heavy (non-hydrogen) atoms. The lowest BCUT2D eigenvalue weighted by Gasteiger charge is -2.22. The molecule has 3 nitrogen and oxygen atoms in total. The Morgan fingerprint density at radius 3 is 2.61 bits per heavy atom. The van der Waals surface area contributed by atoms with E-state index in [1.165, 1.54) is 22.2 Å². The normalized spacial score (nSPS) is 17.1. The minimum Gasteiger partial charge on any atom is -0.369 e. The second kappa shape index (κ2) is 5.58. The molecule has 0 bridgehead atoms. The van der Waals surface area contributed by atoms with Crippen LogP contribution >= 0.6 is 0 Å². The van der Waals surface area contributed by atoms with E-state index in [2.05, 4.69) is 47.0 Å². The number of hydrogen-bond donors (Lipinski definition) is 1. The van der Waals surface area contributed by atoms with Gasteiger partial charge in [0.25, 0.3) is 0 Å². The van der Waals surface area contributed by atoms with E-state index in [1.807, 2.05) is 12.1 Å². The minimum absolute atomic E-state index is 0.152. The lowest BCUT2D eigenvalue weighted by molar-refractivity contribution is -0.119. The van der Waals surface area contributed by atoms with Crippen LogP contribution in [0.3, 0.4) is 0 Å². The molecule has 2 aromatic carbocycles. The Kier molecular flexibility index (Phi) is 3.41. The summed E-state index contributed by atoms with van der Waals surface area (Å²) in [6, 6.07) is 18.8. The van der Waals surface area contributed by atoms with Crippen molar-refractivity contribution in [1.82, 2.24) is 4.57 Å². The molecule has 1 unspecified atom stereocenters. The number of carbonyl (C=O) groups is 1. The van der Waals surface area contributed by atoms with Gasteiger partial charge >= 0.3 is 0 Å². The summed E-state index contributed by atoms with van der Waals surface area (Å²) in [5.41, 5.74) is 10.6. The average Bonchev–Trinajstić information content (AvgIpc) is 2.90. The molecule has 0 radical (unpaired) electrons. The van der Waals surface area contributed by atoms with E-state index in [4.69, 9.17) is 5.73 Å². The summed E-state index contributed by atoms with van der Waals surface area (Å²) in [6.07, 6.45) is 2.90. The van der Waals surface area contributed by atoms with Gasteiger partial charge in [-0.2, -0.15) is 0 Å². The Morgan fingerprint density at radius 1 is 1.09 bits per heavy atom. The molecule has 0 aliphatic heterocycles. The number of benzene rings is 2. The van der Waals surface area contributed by atoms with E-state index in [0.717, 1.165) is 31.4 Å². The number of hydrogen-bond acceptors (Lipinski definition) is 1. The average molecular weight is 304 g/mol. The van der Waals surface area contributed by atoms with E-state index >= 15 is 0 Å². The van der Waals surface area contributed by atoms with Gasteiger partial charge in [-0.1, -0.05) is 48.5 Å². The van der Waals surface area contributed by atoms with Crippen molar-refractivity contribution >= 4 is 16.8 Å². The molecule has 3 aromatic rings. The Balaban J connectivity index is 1.93. The number of nitrogens with two attached hydrogens (primary N) is 1. The van der Waals surface area contributed by atoms with Gasteiger partial charge in [-0.3, -0.25) is 4.79 Å². The molecular formula is C20H20N2O. The quantitative estimate of drug-likeness (QED) is 0.789. The van der Waals surface area contributed by atoms with Gasteiger partial charge in [0.15, 0.2) is 0 Å². The lowest BCUT2D eigenvalue weighted by atomic mass is 9.84. The van der Waals surface area contributed by atoms with Crippen LogP contribution in [-0.2, 0) is 17.8 Å². The second-order valence-corrected chi connectivity index (χ2v) is 6.30. The molecule has 0 spiro atoms. The fourth-order valence-electron chi connectivity index (χ4n) is 3.89. The third-order valence-electron chi connectivity index (χ3n) is 4.90. The van der Waals surface area contributed by atoms with Crippen molar-refractivity contribution in [2.24, 2.45) is 5.73 Å². The molecular weight excluding hydrogens is 284 g/mol. The van der Waals surface area contributed by atoms with Gasteiger partial charge in [0, 0.05) is 23.1 Å². The van der Waals surface area contributed by atoms with Crippen molar-refractivity contribution in [1.29, 1.82) is 0 Å². The third-order valence-corrected chi connectivity index (χ3v) is 4.90. The molecule has 1 heterocycles. The van der Waals surface area contributed by atoms with E-state index in [-0.39, 0.29) is 11.8 Å². The van der Waals surface area contributed by atoms with Gasteiger partial charge in [-0.15, -0.1) is 0 Å². The molecule has 0 fully saturated rings. The topological polar surface area (TPSA) is 48.0 Å². The van der Waals surface area contributed by atoms with E-state index in [9.17, 15) is 4.79 Å². The van der Waals surface area contributed by atoms with Crippen LogP contribution in [0.15, 0.2) is 54.6 Å². The minimum atomic E-state index is -0.200. The van der Waals surface area contributed by atoms with Gasteiger partial charge < -0.3 is 10.3 Å². The predicted octanol–water partition coefficient (Wildman–Crippen LogP) is 3.59. The zero-order valence-corrected chi connectivity index (χ0v) is 13.0. The van der Waals surface area contributed by atoms with Crippen molar-refractivity contribution in [3.63, 3.8) is 0 Å². The molecule has 1 aliphatic rings. The van der Waals surface area contributed by atoms with Crippen LogP contribution < -0.4 is 5.73 Å². The summed E-state index contributed by atoms with van der Waals surface area (Å²) in [5.74, 6) is -0.353. The van der Waals surface area contributed by atoms with Crippen molar-refractivity contribution in [3.05, 3.63) is 71.4 Å². The summed E-state index contributed by atoms with van der Waals surface area (Å²) in [5, 5.41) is 1.18. The largest absolute Gasteiger partial charge is 0.369 e. The number of primary amides is 1. The summed E-state index contributed by atoms with van der Waals surface area (Å²) in [7, 11) is 0. The number of carbonyl (C=O) groups excluding carboxylic acids is 1. The van der Waals surface area contributed by atoms with Gasteiger partial charge in [0.1, 0.15) is 0 Å². The Morgan fingerprint density at radius 2 is 1.83 bits per heavy atom. The molecule has 3 heteroatoms. The molecule has 1 atom stereocenters. The zero-order chi connectivity index (χ0) is 15.8. The van der Waals surface area contributed by atoms with Crippen molar-refractivity contribution < 1.29 is 4.79 Å². The fraction of sp³-hybridized carbons (Fsp3) is 0.250. The smallest absolute Gasteiger partial charge is 0.225 e. The van der Waals surface area contributed by atoms with Crippen LogP contribution in [0.4, 0.5) is 0 Å². The van der Waals surface area contributed by atoms with Gasteiger partial charge in [-0.05, 0) is 36.5 Å². The van der Waals surface area contributed by atoms with Crippen LogP contribution in [0, 0.1) is 0 Å². The Labute approximate surface area is 135 Å². The number of aromatic nitrogens is 1. The molecule has 116 valence electrons. The lowest BCUT2D eigenvalue weighted by Crippen LogP contribution is -2.25. The van der Waals surface area contributed by atoms with Crippen molar-refractivity contribution in [2.75, 3.05) is 0 Å². The number of fused-ring (bicyclic) bond motifs is 3. The molecule has 4 rings (SSSR count). The maximum Gasteiger partial charge on any atom is 0.225 e. The van der Waals surface area contributed by atoms with Crippen LogP contribution in [0.1, 0.15) is 35.6 Å². The van der Waals surface area contributed by atoms with Gasteiger partial charge in [-0.25, -0.2) is 0 Å². The first kappa shape index (κ1) is 14.1. The maximum atomic E-state index is 11.9. The van der Waals surface area contributed by atoms with Crippen LogP contribution in [0.5, 0.6) is 0 Å². The van der Waals surface area contributed by atoms with Gasteiger partial charge in [0.2, 0.25) is 5.91 Å². The second-order valence-electron chi connectivity index (χ2n) is 6.30. The molecule has 0 saturated heterocycles. The van der Waals surface area contributed by atoms with Gasteiger partial charge in [0.05, 0.1) is 5.92 Å². The predicted molar refractivity (Wildman–Crippen MR) is 92.4 cm³/mol. The zero-order valence-electron chi connectivity index (χ0n) is 13.0. The van der Waals surface area contributed by atoms with Crippen molar-refractivity contribution in [3.8, 4) is 0 Å². The number of rotatable bonds is 3. The summed E-state index contributed by atoms with van der Waals surface area (Å²) in [4.78, 5) is 11.9. The molecule has 1 aromatic heterocycles. The Bertz CT molecular complexity index is 864. The highest BCUT2D eigenvalue weighted by Gasteiger charge is 2.30. The SMILES string of the molecule is NC(=O)C1CCCc2c1c1ccccc1n2Cc1ccccc1.